The number of benzene rings is 2. The van der Waals surface area contributed by atoms with E-state index in [-0.39, 0.29) is 5.91 Å². The second-order valence-corrected chi connectivity index (χ2v) is 8.04. The number of nitrogens with zero attached hydrogens (tertiary/aromatic N) is 2. The maximum absolute atomic E-state index is 12.6. The first kappa shape index (κ1) is 20.7. The fourth-order valence-corrected chi connectivity index (χ4v) is 4.24. The maximum Gasteiger partial charge on any atom is 0.262 e. The number of imide groups is 1. The largest absolute Gasteiger partial charge is 0.497 e. The number of hydrogen-bond donors (Lipinski definition) is 1. The lowest BCUT2D eigenvalue weighted by molar-refractivity contribution is -0.124. The summed E-state index contributed by atoms with van der Waals surface area (Å²) in [5, 5.41) is 5.67. The van der Waals surface area contributed by atoms with E-state index in [9.17, 15) is 14.4 Å². The van der Waals surface area contributed by atoms with Crippen LogP contribution in [-0.4, -0.2) is 47.3 Å². The zero-order chi connectivity index (χ0) is 22.0. The highest BCUT2D eigenvalue weighted by molar-refractivity contribution is 7.09. The van der Waals surface area contributed by atoms with Crippen LogP contribution >= 0.6 is 11.3 Å². The highest BCUT2D eigenvalue weighted by atomic mass is 32.1. The number of rotatable bonds is 7. The molecule has 31 heavy (non-hydrogen) atoms. The van der Waals surface area contributed by atoms with E-state index in [1.807, 2.05) is 29.6 Å². The molecule has 1 atom stereocenters. The van der Waals surface area contributed by atoms with E-state index < -0.39 is 17.9 Å². The second kappa shape index (κ2) is 8.69. The summed E-state index contributed by atoms with van der Waals surface area (Å²) in [7, 11) is 1.62. The Labute approximate surface area is 183 Å². The van der Waals surface area contributed by atoms with Crippen molar-refractivity contribution in [2.45, 2.75) is 19.4 Å². The van der Waals surface area contributed by atoms with Crippen molar-refractivity contribution in [3.05, 3.63) is 70.0 Å². The number of nitrogens with one attached hydrogen (secondary N) is 1. The summed E-state index contributed by atoms with van der Waals surface area (Å²) in [5.74, 6) is -0.463. The monoisotopic (exact) mass is 435 g/mol. The minimum atomic E-state index is -0.890. The van der Waals surface area contributed by atoms with Gasteiger partial charge in [-0.05, 0) is 43.3 Å². The normalized spacial score (nSPS) is 13.8. The number of fused-ring (bicyclic) bond motifs is 1. The molecule has 158 valence electrons. The number of methoxy groups -OCH3 is 1. The van der Waals surface area contributed by atoms with Gasteiger partial charge in [-0.1, -0.05) is 12.1 Å². The highest BCUT2D eigenvalue weighted by Gasteiger charge is 2.40. The molecule has 0 aliphatic carbocycles. The van der Waals surface area contributed by atoms with E-state index in [0.717, 1.165) is 26.9 Å². The molecule has 1 aliphatic heterocycles. The van der Waals surface area contributed by atoms with Crippen molar-refractivity contribution in [1.29, 1.82) is 0 Å². The van der Waals surface area contributed by atoms with Gasteiger partial charge in [-0.2, -0.15) is 0 Å². The summed E-state index contributed by atoms with van der Waals surface area (Å²) in [6.45, 7) is 1.92. The molecular weight excluding hydrogens is 414 g/mol. The number of thiazole rings is 1. The van der Waals surface area contributed by atoms with Crippen molar-refractivity contribution in [3.8, 4) is 17.0 Å². The summed E-state index contributed by atoms with van der Waals surface area (Å²) in [4.78, 5) is 43.3. The van der Waals surface area contributed by atoms with Gasteiger partial charge in [0, 0.05) is 23.9 Å². The predicted octanol–water partition coefficient (Wildman–Crippen LogP) is 3.16. The second-order valence-electron chi connectivity index (χ2n) is 7.10. The minimum Gasteiger partial charge on any atom is -0.497 e. The van der Waals surface area contributed by atoms with Crippen molar-refractivity contribution in [2.75, 3.05) is 13.7 Å². The maximum atomic E-state index is 12.6. The van der Waals surface area contributed by atoms with E-state index >= 15 is 0 Å². The van der Waals surface area contributed by atoms with Crippen LogP contribution < -0.4 is 10.1 Å². The first-order valence-electron chi connectivity index (χ1n) is 9.83. The molecule has 0 radical (unpaired) electrons. The SMILES string of the molecule is COc1ccc(-c2csc(CCNC(=O)C(C)N3C(=O)c4ccccc4C3=O)n2)cc1. The van der Waals surface area contributed by atoms with Crippen LogP contribution in [0.1, 0.15) is 32.6 Å². The summed E-state index contributed by atoms with van der Waals surface area (Å²) in [6, 6.07) is 13.4. The van der Waals surface area contributed by atoms with Gasteiger partial charge in [-0.15, -0.1) is 11.3 Å². The fourth-order valence-electron chi connectivity index (χ4n) is 3.44. The van der Waals surface area contributed by atoms with Gasteiger partial charge in [0.25, 0.3) is 11.8 Å². The molecule has 0 bridgehead atoms. The minimum absolute atomic E-state index is 0.334. The lowest BCUT2D eigenvalue weighted by atomic mass is 10.1. The van der Waals surface area contributed by atoms with E-state index in [1.165, 1.54) is 11.3 Å². The molecule has 0 fully saturated rings. The summed E-state index contributed by atoms with van der Waals surface area (Å²) in [5.41, 5.74) is 2.53. The fraction of sp³-hybridized carbons (Fsp3) is 0.217. The van der Waals surface area contributed by atoms with E-state index in [0.29, 0.717) is 24.1 Å². The van der Waals surface area contributed by atoms with Crippen molar-refractivity contribution in [3.63, 3.8) is 0 Å². The van der Waals surface area contributed by atoms with Crippen LogP contribution in [0.15, 0.2) is 53.9 Å². The standard InChI is InChI=1S/C23H21N3O4S/c1-14(26-22(28)17-5-3-4-6-18(17)23(26)29)21(27)24-12-11-20-25-19(13-31-20)15-7-9-16(30-2)10-8-15/h3-10,13-14H,11-12H2,1-2H3,(H,24,27). The molecule has 1 unspecified atom stereocenters. The Morgan fingerprint density at radius 3 is 2.35 bits per heavy atom. The molecule has 7 nitrogen and oxygen atoms in total. The summed E-state index contributed by atoms with van der Waals surface area (Å²) >= 11 is 1.52. The van der Waals surface area contributed by atoms with Crippen LogP contribution in [0.25, 0.3) is 11.3 Å². The average Bonchev–Trinajstić information content (AvgIpc) is 3.36. The van der Waals surface area contributed by atoms with Crippen molar-refractivity contribution in [2.24, 2.45) is 0 Å². The summed E-state index contributed by atoms with van der Waals surface area (Å²) < 4.78 is 5.17. The predicted molar refractivity (Wildman–Crippen MR) is 117 cm³/mol. The van der Waals surface area contributed by atoms with Gasteiger partial charge < -0.3 is 10.1 Å². The van der Waals surface area contributed by atoms with Gasteiger partial charge >= 0.3 is 0 Å². The average molecular weight is 436 g/mol. The van der Waals surface area contributed by atoms with Crippen LogP contribution in [0.5, 0.6) is 5.75 Å². The molecule has 8 heteroatoms. The van der Waals surface area contributed by atoms with Gasteiger partial charge in [0.15, 0.2) is 0 Å². The first-order chi connectivity index (χ1) is 15.0. The van der Waals surface area contributed by atoms with Gasteiger partial charge in [-0.25, -0.2) is 4.98 Å². The molecule has 4 rings (SSSR count). The molecule has 3 amide bonds. The van der Waals surface area contributed by atoms with Crippen molar-refractivity contribution >= 4 is 29.1 Å². The lowest BCUT2D eigenvalue weighted by Crippen LogP contribution is -2.48. The zero-order valence-electron chi connectivity index (χ0n) is 17.1. The molecule has 2 aromatic carbocycles. The van der Waals surface area contributed by atoms with Gasteiger partial charge in [0.1, 0.15) is 11.8 Å². The third kappa shape index (κ3) is 4.06. The zero-order valence-corrected chi connectivity index (χ0v) is 17.9. The topological polar surface area (TPSA) is 88.6 Å². The van der Waals surface area contributed by atoms with Crippen molar-refractivity contribution in [1.82, 2.24) is 15.2 Å². The molecule has 1 aromatic heterocycles. The molecular formula is C23H21N3O4S. The van der Waals surface area contributed by atoms with Crippen molar-refractivity contribution < 1.29 is 19.1 Å². The van der Waals surface area contributed by atoms with E-state index in [4.69, 9.17) is 4.74 Å². The van der Waals surface area contributed by atoms with Gasteiger partial charge in [0.2, 0.25) is 5.91 Å². The Morgan fingerprint density at radius 2 is 1.74 bits per heavy atom. The molecule has 0 saturated heterocycles. The van der Waals surface area contributed by atoms with Crippen LogP contribution in [0.4, 0.5) is 0 Å². The molecule has 1 aliphatic rings. The third-order valence-electron chi connectivity index (χ3n) is 5.17. The van der Waals surface area contributed by atoms with Gasteiger partial charge in [-0.3, -0.25) is 19.3 Å². The number of ether oxygens (including phenoxy) is 1. The Kier molecular flexibility index (Phi) is 5.81. The Hall–Kier alpha value is -3.52. The first-order valence-corrected chi connectivity index (χ1v) is 10.7. The summed E-state index contributed by atoms with van der Waals surface area (Å²) in [6.07, 6.45) is 0.557. The Bertz CT molecular complexity index is 1100. The smallest absolute Gasteiger partial charge is 0.262 e. The number of carbonyl (C=O) groups is 3. The van der Waals surface area contributed by atoms with Crippen LogP contribution in [-0.2, 0) is 11.2 Å². The molecule has 1 N–H and O–H groups in total. The highest BCUT2D eigenvalue weighted by Crippen LogP contribution is 2.25. The number of amides is 3. The Morgan fingerprint density at radius 1 is 1.10 bits per heavy atom. The van der Waals surface area contributed by atoms with Crippen LogP contribution in [0.2, 0.25) is 0 Å². The third-order valence-corrected chi connectivity index (χ3v) is 6.08. The molecule has 0 spiro atoms. The molecule has 2 heterocycles. The number of carbonyl (C=O) groups excluding carboxylic acids is 3. The van der Waals surface area contributed by atoms with Crippen LogP contribution in [0, 0.1) is 0 Å². The quantitative estimate of drug-likeness (QED) is 0.576. The molecule has 0 saturated carbocycles. The van der Waals surface area contributed by atoms with Crippen LogP contribution in [0.3, 0.4) is 0 Å². The Balaban J connectivity index is 1.33. The van der Waals surface area contributed by atoms with E-state index in [1.54, 1.807) is 38.3 Å². The molecule has 3 aromatic rings. The number of hydrogen-bond acceptors (Lipinski definition) is 6. The number of aromatic nitrogens is 1. The van der Waals surface area contributed by atoms with Gasteiger partial charge in [0.05, 0.1) is 28.9 Å². The van der Waals surface area contributed by atoms with E-state index in [2.05, 4.69) is 10.3 Å². The lowest BCUT2D eigenvalue weighted by Gasteiger charge is -2.21.